The molecule has 0 aliphatic carbocycles. The van der Waals surface area contributed by atoms with Crippen molar-refractivity contribution in [2.75, 3.05) is 0 Å². The molecule has 0 amide bonds. The molecule has 0 bridgehead atoms. The molecule has 0 aliphatic rings. The summed E-state index contributed by atoms with van der Waals surface area (Å²) in [6, 6.07) is 12.5. The zero-order valence-corrected chi connectivity index (χ0v) is 7.06. The van der Waals surface area contributed by atoms with E-state index < -0.39 is 0 Å². The Morgan fingerprint density at radius 1 is 1.00 bits per heavy atom. The monoisotopic (exact) mass is 228 g/mol. The molecular formula is C7H6PdS. The molecule has 0 heterocycles. The van der Waals surface area contributed by atoms with Crippen molar-refractivity contribution >= 4 is 18.1 Å². The van der Waals surface area contributed by atoms with Crippen LogP contribution in [0.4, 0.5) is 0 Å². The standard InChI is InChI=1S/C6H5.CHS.Pd/c1-2-4-6-5-3-1;1-2;/h1-5H;1H;/q2*-1;+2. The Labute approximate surface area is 74.9 Å². The van der Waals surface area contributed by atoms with Crippen LogP contribution in [0.2, 0.25) is 0 Å². The van der Waals surface area contributed by atoms with Crippen LogP contribution in [0.25, 0.3) is 0 Å². The minimum Gasteiger partial charge on any atom is -0.442 e. The van der Waals surface area contributed by atoms with Crippen molar-refractivity contribution < 1.29 is 20.4 Å². The third kappa shape index (κ3) is 7.97. The van der Waals surface area contributed by atoms with Gasteiger partial charge in [0.25, 0.3) is 0 Å². The number of hydrogen-bond donors (Lipinski definition) is 0. The van der Waals surface area contributed by atoms with Crippen molar-refractivity contribution in [3.05, 3.63) is 36.4 Å². The molecule has 2 heteroatoms. The van der Waals surface area contributed by atoms with Crippen molar-refractivity contribution in [2.45, 2.75) is 0 Å². The van der Waals surface area contributed by atoms with Gasteiger partial charge in [0.15, 0.2) is 0 Å². The second-order valence-corrected chi connectivity index (χ2v) is 1.08. The smallest absolute Gasteiger partial charge is 0.442 e. The van der Waals surface area contributed by atoms with Gasteiger partial charge in [-0.1, -0.05) is 0 Å². The summed E-state index contributed by atoms with van der Waals surface area (Å²) in [6.45, 7) is 0. The molecule has 0 unspecified atom stereocenters. The molecule has 1 rings (SSSR count). The van der Waals surface area contributed by atoms with Gasteiger partial charge in [0.05, 0.1) is 0 Å². The van der Waals surface area contributed by atoms with E-state index in [1.165, 1.54) is 0 Å². The van der Waals surface area contributed by atoms with E-state index in [-0.39, 0.29) is 20.4 Å². The van der Waals surface area contributed by atoms with Gasteiger partial charge in [0, 0.05) is 0 Å². The maximum absolute atomic E-state index is 4.08. The van der Waals surface area contributed by atoms with E-state index in [0.717, 1.165) is 0 Å². The Hall–Kier alpha value is -0.0277. The van der Waals surface area contributed by atoms with Gasteiger partial charge in [-0.2, -0.15) is 36.4 Å². The van der Waals surface area contributed by atoms with E-state index in [4.69, 9.17) is 0 Å². The molecular weight excluding hydrogens is 223 g/mol. The number of thiocarbonyl (C=S) groups is 1. The predicted octanol–water partition coefficient (Wildman–Crippen LogP) is 1.98. The van der Waals surface area contributed by atoms with Crippen LogP contribution in [0, 0.1) is 6.07 Å². The molecule has 0 aromatic heterocycles. The van der Waals surface area contributed by atoms with Crippen molar-refractivity contribution in [1.29, 1.82) is 0 Å². The third-order valence-corrected chi connectivity index (χ3v) is 0.607. The van der Waals surface area contributed by atoms with Crippen LogP contribution in [0.5, 0.6) is 0 Å². The van der Waals surface area contributed by atoms with Gasteiger partial charge in [-0.15, -0.1) is 0 Å². The molecule has 0 atom stereocenters. The summed E-state index contributed by atoms with van der Waals surface area (Å²) in [4.78, 5) is 0. The summed E-state index contributed by atoms with van der Waals surface area (Å²) in [6.07, 6.45) is 0. The fraction of sp³-hybridized carbons (Fsp3) is 0. The minimum absolute atomic E-state index is 0. The SMILES string of the molecule is [CH-]=S.[Pd+2].[c-]1ccccc1. The van der Waals surface area contributed by atoms with Crippen LogP contribution in [-0.4, -0.2) is 5.87 Å². The molecule has 0 fully saturated rings. The van der Waals surface area contributed by atoms with Gasteiger partial charge in [-0.05, 0) is 0 Å². The second-order valence-electron chi connectivity index (χ2n) is 1.08. The zero-order valence-electron chi connectivity index (χ0n) is 4.69. The van der Waals surface area contributed by atoms with Crippen molar-refractivity contribution in [1.82, 2.24) is 0 Å². The van der Waals surface area contributed by atoms with Crippen molar-refractivity contribution in [3.63, 3.8) is 0 Å². The molecule has 0 spiro atoms. The van der Waals surface area contributed by atoms with Crippen molar-refractivity contribution in [3.8, 4) is 0 Å². The molecule has 0 radical (unpaired) electrons. The van der Waals surface area contributed by atoms with Crippen LogP contribution < -0.4 is 0 Å². The Bertz CT molecular complexity index is 91.8. The van der Waals surface area contributed by atoms with E-state index in [1.807, 2.05) is 30.3 Å². The topological polar surface area (TPSA) is 0 Å². The summed E-state index contributed by atoms with van der Waals surface area (Å²) in [7, 11) is 0. The summed E-state index contributed by atoms with van der Waals surface area (Å²) >= 11 is 3.58. The molecule has 0 N–H and O–H groups in total. The maximum Gasteiger partial charge on any atom is 2.00 e. The second kappa shape index (κ2) is 10.9. The third-order valence-electron chi connectivity index (χ3n) is 0.607. The van der Waals surface area contributed by atoms with Crippen LogP contribution >= 0.6 is 12.2 Å². The molecule has 0 saturated heterocycles. The van der Waals surface area contributed by atoms with E-state index in [9.17, 15) is 0 Å². The van der Waals surface area contributed by atoms with E-state index in [1.54, 1.807) is 0 Å². The van der Waals surface area contributed by atoms with Gasteiger partial charge in [0.1, 0.15) is 0 Å². The van der Waals surface area contributed by atoms with Crippen LogP contribution in [0.15, 0.2) is 30.3 Å². The predicted molar refractivity (Wildman–Crippen MR) is 38.9 cm³/mol. The Morgan fingerprint density at radius 3 is 1.56 bits per heavy atom. The number of benzene rings is 1. The molecule has 0 aliphatic heterocycles. The number of rotatable bonds is 0. The van der Waals surface area contributed by atoms with Crippen LogP contribution in [0.3, 0.4) is 0 Å². The zero-order chi connectivity index (χ0) is 6.24. The fourth-order valence-electron chi connectivity index (χ4n) is 0.342. The maximum atomic E-state index is 4.08. The molecule has 0 nitrogen and oxygen atoms in total. The normalized spacial score (nSPS) is 5.78. The van der Waals surface area contributed by atoms with Crippen molar-refractivity contribution in [2.24, 2.45) is 0 Å². The first-order valence-electron chi connectivity index (χ1n) is 2.15. The first-order chi connectivity index (χ1) is 4.00. The number of hydrogen-bond acceptors (Lipinski definition) is 1. The molecule has 0 saturated carbocycles. The first kappa shape index (κ1) is 11.7. The first-order valence-corrected chi connectivity index (χ1v) is 2.62. The average molecular weight is 229 g/mol. The Morgan fingerprint density at radius 2 is 1.44 bits per heavy atom. The molecule has 1 aromatic rings. The van der Waals surface area contributed by atoms with E-state index >= 15 is 0 Å². The summed E-state index contributed by atoms with van der Waals surface area (Å²) in [5.41, 5.74) is 0. The Kier molecular flexibility index (Phi) is 14.2. The molecule has 9 heavy (non-hydrogen) atoms. The van der Waals surface area contributed by atoms with E-state index in [0.29, 0.717) is 0 Å². The summed E-state index contributed by atoms with van der Waals surface area (Å²) < 4.78 is 0. The van der Waals surface area contributed by atoms with Gasteiger partial charge in [-0.3, -0.25) is 0 Å². The minimum atomic E-state index is 0. The quantitative estimate of drug-likeness (QED) is 0.372. The fourth-order valence-corrected chi connectivity index (χ4v) is 0.342. The molecule has 50 valence electrons. The summed E-state index contributed by atoms with van der Waals surface area (Å²) in [5.74, 6) is 4.08. The largest absolute Gasteiger partial charge is 2.00 e. The molecule has 1 aromatic carbocycles. The van der Waals surface area contributed by atoms with Crippen LogP contribution in [0.1, 0.15) is 0 Å². The van der Waals surface area contributed by atoms with Gasteiger partial charge in [0.2, 0.25) is 0 Å². The van der Waals surface area contributed by atoms with Gasteiger partial charge >= 0.3 is 20.4 Å². The van der Waals surface area contributed by atoms with Gasteiger partial charge in [-0.25, -0.2) is 0 Å². The van der Waals surface area contributed by atoms with Crippen LogP contribution in [-0.2, 0) is 20.4 Å². The summed E-state index contributed by atoms with van der Waals surface area (Å²) in [5, 5.41) is 0. The van der Waals surface area contributed by atoms with E-state index in [2.05, 4.69) is 24.2 Å². The van der Waals surface area contributed by atoms with Gasteiger partial charge < -0.3 is 18.1 Å². The average Bonchev–Trinajstić information content (AvgIpc) is 1.96. The Balaban J connectivity index is 0.